The lowest BCUT2D eigenvalue weighted by Crippen LogP contribution is -2.51. The summed E-state index contributed by atoms with van der Waals surface area (Å²) in [5.41, 5.74) is 0. The summed E-state index contributed by atoms with van der Waals surface area (Å²) in [4.78, 5) is 2.61. The smallest absolute Gasteiger partial charge is 0.0474 e. The molecule has 1 N–H and O–H groups in total. The van der Waals surface area contributed by atoms with Gasteiger partial charge in [-0.3, -0.25) is 4.90 Å². The molecule has 3 heteroatoms. The Morgan fingerprint density at radius 2 is 2.36 bits per heavy atom. The Morgan fingerprint density at radius 3 is 3.07 bits per heavy atom. The second-order valence-electron chi connectivity index (χ2n) is 4.03. The molecule has 0 bridgehead atoms. The van der Waals surface area contributed by atoms with Crippen molar-refractivity contribution < 1.29 is 4.74 Å². The molecule has 0 aromatic heterocycles. The predicted molar refractivity (Wildman–Crippen MR) is 59.6 cm³/mol. The lowest BCUT2D eigenvalue weighted by molar-refractivity contribution is 0.125. The Hall–Kier alpha value is -0.120. The first kappa shape index (κ1) is 12.0. The molecule has 0 spiro atoms. The largest absolute Gasteiger partial charge is 0.385 e. The zero-order valence-electron chi connectivity index (χ0n) is 9.59. The van der Waals surface area contributed by atoms with Crippen molar-refractivity contribution in [1.29, 1.82) is 0 Å². The number of piperazine rings is 1. The molecule has 0 saturated carbocycles. The van der Waals surface area contributed by atoms with Gasteiger partial charge in [-0.15, -0.1) is 0 Å². The summed E-state index contributed by atoms with van der Waals surface area (Å²) < 4.78 is 5.09. The van der Waals surface area contributed by atoms with Gasteiger partial charge in [0.15, 0.2) is 0 Å². The molecule has 1 saturated heterocycles. The first-order chi connectivity index (χ1) is 6.88. The fraction of sp³-hybridized carbons (Fsp3) is 1.00. The summed E-state index contributed by atoms with van der Waals surface area (Å²) in [5.74, 6) is 0. The summed E-state index contributed by atoms with van der Waals surface area (Å²) in [5, 5.41) is 3.47. The molecule has 84 valence electrons. The first-order valence-corrected chi connectivity index (χ1v) is 5.82. The molecule has 1 aliphatic heterocycles. The second kappa shape index (κ2) is 7.21. The van der Waals surface area contributed by atoms with E-state index in [0.717, 1.165) is 25.6 Å². The molecule has 1 aliphatic rings. The molecule has 1 heterocycles. The van der Waals surface area contributed by atoms with Crippen molar-refractivity contribution in [2.24, 2.45) is 0 Å². The van der Waals surface area contributed by atoms with Crippen LogP contribution in [0.25, 0.3) is 0 Å². The highest BCUT2D eigenvalue weighted by Gasteiger charge is 2.20. The number of hydrogen-bond acceptors (Lipinski definition) is 3. The van der Waals surface area contributed by atoms with E-state index in [1.807, 2.05) is 0 Å². The molecule has 0 aliphatic carbocycles. The van der Waals surface area contributed by atoms with E-state index < -0.39 is 0 Å². The molecule has 1 unspecified atom stereocenters. The highest BCUT2D eigenvalue weighted by Crippen LogP contribution is 2.09. The quantitative estimate of drug-likeness (QED) is 0.650. The maximum Gasteiger partial charge on any atom is 0.0474 e. The van der Waals surface area contributed by atoms with Gasteiger partial charge in [-0.1, -0.05) is 13.3 Å². The minimum Gasteiger partial charge on any atom is -0.385 e. The Bertz CT molecular complexity index is 139. The van der Waals surface area contributed by atoms with Gasteiger partial charge in [0.25, 0.3) is 0 Å². The Kier molecular flexibility index (Phi) is 6.15. The fourth-order valence-corrected chi connectivity index (χ4v) is 2.13. The van der Waals surface area contributed by atoms with E-state index in [-0.39, 0.29) is 0 Å². The SMILES string of the molecule is CCCC1CNCCN1CCCOC. The summed E-state index contributed by atoms with van der Waals surface area (Å²) >= 11 is 0. The van der Waals surface area contributed by atoms with Gasteiger partial charge in [0.05, 0.1) is 0 Å². The number of nitrogens with one attached hydrogen (secondary N) is 1. The predicted octanol–water partition coefficient (Wildman–Crippen LogP) is 1.10. The van der Waals surface area contributed by atoms with Gasteiger partial charge in [0.1, 0.15) is 0 Å². The third kappa shape index (κ3) is 3.95. The summed E-state index contributed by atoms with van der Waals surface area (Å²) in [6, 6.07) is 0.755. The minimum absolute atomic E-state index is 0.755. The molecule has 1 atom stereocenters. The maximum absolute atomic E-state index is 5.09. The zero-order valence-corrected chi connectivity index (χ0v) is 9.59. The number of methoxy groups -OCH3 is 1. The van der Waals surface area contributed by atoms with Crippen molar-refractivity contribution in [1.82, 2.24) is 10.2 Å². The topological polar surface area (TPSA) is 24.5 Å². The van der Waals surface area contributed by atoms with Crippen molar-refractivity contribution in [2.45, 2.75) is 32.2 Å². The third-order valence-electron chi connectivity index (χ3n) is 2.89. The molecular weight excluding hydrogens is 176 g/mol. The Labute approximate surface area is 87.8 Å². The number of rotatable bonds is 6. The van der Waals surface area contributed by atoms with Gasteiger partial charge < -0.3 is 10.1 Å². The molecule has 1 fully saturated rings. The van der Waals surface area contributed by atoms with Crippen LogP contribution in [-0.2, 0) is 4.74 Å². The van der Waals surface area contributed by atoms with E-state index in [1.54, 1.807) is 7.11 Å². The normalized spacial score (nSPS) is 24.0. The Morgan fingerprint density at radius 1 is 1.50 bits per heavy atom. The van der Waals surface area contributed by atoms with Crippen LogP contribution in [0.4, 0.5) is 0 Å². The Balaban J connectivity index is 2.22. The van der Waals surface area contributed by atoms with E-state index in [9.17, 15) is 0 Å². The van der Waals surface area contributed by atoms with Crippen molar-refractivity contribution in [3.8, 4) is 0 Å². The van der Waals surface area contributed by atoms with Gasteiger partial charge in [0.2, 0.25) is 0 Å². The van der Waals surface area contributed by atoms with E-state index in [0.29, 0.717) is 0 Å². The van der Waals surface area contributed by atoms with Crippen LogP contribution in [0.15, 0.2) is 0 Å². The van der Waals surface area contributed by atoms with E-state index in [1.165, 1.54) is 32.5 Å². The van der Waals surface area contributed by atoms with E-state index >= 15 is 0 Å². The molecule has 0 aromatic carbocycles. The monoisotopic (exact) mass is 200 g/mol. The molecule has 0 aromatic rings. The van der Waals surface area contributed by atoms with Gasteiger partial charge in [-0.25, -0.2) is 0 Å². The van der Waals surface area contributed by atoms with Gasteiger partial charge in [-0.2, -0.15) is 0 Å². The average Bonchev–Trinajstić information content (AvgIpc) is 2.21. The second-order valence-corrected chi connectivity index (χ2v) is 4.03. The van der Waals surface area contributed by atoms with Crippen molar-refractivity contribution in [3.63, 3.8) is 0 Å². The van der Waals surface area contributed by atoms with Gasteiger partial charge >= 0.3 is 0 Å². The average molecular weight is 200 g/mol. The van der Waals surface area contributed by atoms with Crippen LogP contribution in [0.5, 0.6) is 0 Å². The van der Waals surface area contributed by atoms with Crippen LogP contribution in [0.2, 0.25) is 0 Å². The van der Waals surface area contributed by atoms with Gasteiger partial charge in [-0.05, 0) is 12.8 Å². The standard InChI is InChI=1S/C11H24N2O/c1-3-5-11-10-12-6-8-13(11)7-4-9-14-2/h11-12H,3-10H2,1-2H3. The van der Waals surface area contributed by atoms with E-state index in [2.05, 4.69) is 17.1 Å². The van der Waals surface area contributed by atoms with Crippen LogP contribution >= 0.6 is 0 Å². The zero-order chi connectivity index (χ0) is 10.2. The molecule has 0 amide bonds. The molecule has 0 radical (unpaired) electrons. The number of ether oxygens (including phenoxy) is 1. The maximum atomic E-state index is 5.09. The van der Waals surface area contributed by atoms with Crippen LogP contribution in [-0.4, -0.2) is 50.8 Å². The number of nitrogens with zero attached hydrogens (tertiary/aromatic N) is 1. The van der Waals surface area contributed by atoms with Crippen LogP contribution < -0.4 is 5.32 Å². The summed E-state index contributed by atoms with van der Waals surface area (Å²) in [6.07, 6.45) is 3.77. The summed E-state index contributed by atoms with van der Waals surface area (Å²) in [6.45, 7) is 7.87. The van der Waals surface area contributed by atoms with Crippen LogP contribution in [0, 0.1) is 0 Å². The number of hydrogen-bond donors (Lipinski definition) is 1. The van der Waals surface area contributed by atoms with Gasteiger partial charge in [0, 0.05) is 45.9 Å². The van der Waals surface area contributed by atoms with Crippen LogP contribution in [0.1, 0.15) is 26.2 Å². The first-order valence-electron chi connectivity index (χ1n) is 5.82. The lowest BCUT2D eigenvalue weighted by atomic mass is 10.1. The molecule has 14 heavy (non-hydrogen) atoms. The molecule has 3 nitrogen and oxygen atoms in total. The minimum atomic E-state index is 0.755. The highest BCUT2D eigenvalue weighted by atomic mass is 16.5. The molecule has 1 rings (SSSR count). The fourth-order valence-electron chi connectivity index (χ4n) is 2.13. The highest BCUT2D eigenvalue weighted by molar-refractivity contribution is 4.79. The van der Waals surface area contributed by atoms with Crippen molar-refractivity contribution in [3.05, 3.63) is 0 Å². The van der Waals surface area contributed by atoms with E-state index in [4.69, 9.17) is 4.74 Å². The van der Waals surface area contributed by atoms with Crippen molar-refractivity contribution >= 4 is 0 Å². The third-order valence-corrected chi connectivity index (χ3v) is 2.89. The molecular formula is C11H24N2O. The van der Waals surface area contributed by atoms with Crippen LogP contribution in [0.3, 0.4) is 0 Å². The lowest BCUT2D eigenvalue weighted by Gasteiger charge is -2.36. The summed E-state index contributed by atoms with van der Waals surface area (Å²) in [7, 11) is 1.78. The van der Waals surface area contributed by atoms with Crippen molar-refractivity contribution in [2.75, 3.05) is 39.9 Å².